The van der Waals surface area contributed by atoms with Crippen molar-refractivity contribution in [3.63, 3.8) is 0 Å². The van der Waals surface area contributed by atoms with Gasteiger partial charge in [0.05, 0.1) is 5.41 Å². The Morgan fingerprint density at radius 1 is 1.11 bits per heavy atom. The maximum atomic E-state index is 13.0. The van der Waals surface area contributed by atoms with E-state index in [1.165, 1.54) is 0 Å². The van der Waals surface area contributed by atoms with Gasteiger partial charge in [-0.25, -0.2) is 0 Å². The number of H-pyrrole nitrogens is 1. The molecule has 2 aliphatic rings. The number of nitrogens with one attached hydrogen (secondary N) is 1. The van der Waals surface area contributed by atoms with Crippen molar-refractivity contribution in [1.82, 2.24) is 14.8 Å². The molecular weight excluding hydrogens is 342 g/mol. The standard InChI is InChI=1S/C21H27N3O3/c1-27-14-9-21(7-4-8-21)20(26)24-12-10-23(11-13-24)19(25)18-15-16-5-2-3-6-17(16)22-18/h2-3,5-6,15,22H,4,7-14H2,1H3. The number of methoxy groups -OCH3 is 1. The Labute approximate surface area is 159 Å². The Hall–Kier alpha value is -2.34. The first kappa shape index (κ1) is 18.0. The van der Waals surface area contributed by atoms with E-state index in [4.69, 9.17) is 4.74 Å². The zero-order valence-electron chi connectivity index (χ0n) is 15.9. The number of aromatic amines is 1. The SMILES string of the molecule is COCCC1(C(=O)N2CCN(C(=O)c3cc4ccccc4[nH]3)CC2)CCC1. The smallest absolute Gasteiger partial charge is 0.270 e. The van der Waals surface area contributed by atoms with E-state index in [-0.39, 0.29) is 17.2 Å². The molecule has 2 aromatic rings. The zero-order valence-corrected chi connectivity index (χ0v) is 15.9. The van der Waals surface area contributed by atoms with Crippen molar-refractivity contribution in [1.29, 1.82) is 0 Å². The molecule has 1 aliphatic heterocycles. The van der Waals surface area contributed by atoms with Gasteiger partial charge in [-0.1, -0.05) is 24.6 Å². The average Bonchev–Trinajstić information content (AvgIpc) is 3.11. The van der Waals surface area contributed by atoms with Gasteiger partial charge in [0.15, 0.2) is 0 Å². The van der Waals surface area contributed by atoms with Crippen molar-refractivity contribution in [2.24, 2.45) is 5.41 Å². The molecule has 6 heteroatoms. The molecule has 0 bridgehead atoms. The second-order valence-corrected chi connectivity index (χ2v) is 7.73. The predicted octanol–water partition coefficient (Wildman–Crippen LogP) is 2.66. The minimum absolute atomic E-state index is 0.0102. The fraction of sp³-hybridized carbons (Fsp3) is 0.524. The Balaban J connectivity index is 1.38. The molecule has 6 nitrogen and oxygen atoms in total. The number of piperazine rings is 1. The second kappa shape index (κ2) is 7.35. The molecule has 1 N–H and O–H groups in total. The molecule has 0 radical (unpaired) electrons. The van der Waals surface area contributed by atoms with Crippen molar-refractivity contribution in [2.75, 3.05) is 39.9 Å². The molecule has 1 aromatic heterocycles. The lowest BCUT2D eigenvalue weighted by Crippen LogP contribution is -2.56. The normalized spacial score (nSPS) is 19.1. The molecule has 2 amide bonds. The lowest BCUT2D eigenvalue weighted by molar-refractivity contribution is -0.150. The number of ether oxygens (including phenoxy) is 1. The van der Waals surface area contributed by atoms with Crippen LogP contribution < -0.4 is 0 Å². The molecule has 2 heterocycles. The lowest BCUT2D eigenvalue weighted by Gasteiger charge is -2.45. The number of nitrogens with zero attached hydrogens (tertiary/aromatic N) is 2. The van der Waals surface area contributed by atoms with Crippen LogP contribution in [-0.4, -0.2) is 66.5 Å². The number of benzene rings is 1. The van der Waals surface area contributed by atoms with Crippen molar-refractivity contribution >= 4 is 22.7 Å². The van der Waals surface area contributed by atoms with Crippen LogP contribution in [0.15, 0.2) is 30.3 Å². The molecule has 144 valence electrons. The second-order valence-electron chi connectivity index (χ2n) is 7.73. The number of carbonyl (C=O) groups is 2. The average molecular weight is 369 g/mol. The van der Waals surface area contributed by atoms with E-state index in [1.54, 1.807) is 7.11 Å². The number of para-hydroxylation sites is 1. The summed E-state index contributed by atoms with van der Waals surface area (Å²) in [5.41, 5.74) is 1.37. The monoisotopic (exact) mass is 369 g/mol. The Morgan fingerprint density at radius 3 is 2.44 bits per heavy atom. The van der Waals surface area contributed by atoms with Crippen LogP contribution in [0.4, 0.5) is 0 Å². The molecule has 0 atom stereocenters. The molecule has 1 saturated heterocycles. The Morgan fingerprint density at radius 2 is 1.81 bits per heavy atom. The van der Waals surface area contributed by atoms with Gasteiger partial charge in [-0.2, -0.15) is 0 Å². The van der Waals surface area contributed by atoms with Crippen molar-refractivity contribution in [3.8, 4) is 0 Å². The van der Waals surface area contributed by atoms with Crippen LogP contribution in [0.1, 0.15) is 36.2 Å². The number of hydrogen-bond acceptors (Lipinski definition) is 3. The summed E-state index contributed by atoms with van der Waals surface area (Å²) in [6, 6.07) is 9.80. The maximum absolute atomic E-state index is 13.0. The van der Waals surface area contributed by atoms with E-state index in [9.17, 15) is 9.59 Å². The van der Waals surface area contributed by atoms with Crippen LogP contribution in [0.5, 0.6) is 0 Å². The van der Waals surface area contributed by atoms with Crippen molar-refractivity contribution in [2.45, 2.75) is 25.7 Å². The van der Waals surface area contributed by atoms with Crippen LogP contribution in [0.3, 0.4) is 0 Å². The fourth-order valence-electron chi connectivity index (χ4n) is 4.28. The summed E-state index contributed by atoms with van der Waals surface area (Å²) in [6.07, 6.45) is 3.84. The number of rotatable bonds is 5. The quantitative estimate of drug-likeness (QED) is 0.881. The van der Waals surface area contributed by atoms with E-state index in [2.05, 4.69) is 4.98 Å². The summed E-state index contributed by atoms with van der Waals surface area (Å²) in [7, 11) is 1.69. The van der Waals surface area contributed by atoms with E-state index < -0.39 is 0 Å². The van der Waals surface area contributed by atoms with Gasteiger partial charge >= 0.3 is 0 Å². The lowest BCUT2D eigenvalue weighted by atomic mass is 9.65. The molecular formula is C21H27N3O3. The summed E-state index contributed by atoms with van der Waals surface area (Å²) < 4.78 is 5.21. The molecule has 1 aromatic carbocycles. The van der Waals surface area contributed by atoms with E-state index in [0.717, 1.165) is 36.6 Å². The molecule has 2 fully saturated rings. The minimum atomic E-state index is -0.223. The summed E-state index contributed by atoms with van der Waals surface area (Å²) in [6.45, 7) is 3.02. The number of carbonyl (C=O) groups excluding carboxylic acids is 2. The molecule has 4 rings (SSSR count). The molecule has 0 unspecified atom stereocenters. The van der Waals surface area contributed by atoms with Gasteiger partial charge in [-0.3, -0.25) is 9.59 Å². The highest BCUT2D eigenvalue weighted by molar-refractivity contribution is 5.98. The summed E-state index contributed by atoms with van der Waals surface area (Å²) in [5.74, 6) is 0.263. The van der Waals surface area contributed by atoms with E-state index in [1.807, 2.05) is 40.1 Å². The highest BCUT2D eigenvalue weighted by Gasteiger charge is 2.46. The van der Waals surface area contributed by atoms with Crippen molar-refractivity contribution in [3.05, 3.63) is 36.0 Å². The third kappa shape index (κ3) is 3.34. The largest absolute Gasteiger partial charge is 0.385 e. The minimum Gasteiger partial charge on any atom is -0.385 e. The molecule has 1 aliphatic carbocycles. The molecule has 1 saturated carbocycles. The summed E-state index contributed by atoms with van der Waals surface area (Å²) in [4.78, 5) is 32.9. The van der Waals surface area contributed by atoms with Crippen LogP contribution in [0.2, 0.25) is 0 Å². The Bertz CT molecular complexity index is 799. The topological polar surface area (TPSA) is 65.6 Å². The van der Waals surface area contributed by atoms with Gasteiger partial charge in [0.25, 0.3) is 5.91 Å². The van der Waals surface area contributed by atoms with Gasteiger partial charge < -0.3 is 19.5 Å². The fourth-order valence-corrected chi connectivity index (χ4v) is 4.28. The van der Waals surface area contributed by atoms with E-state index >= 15 is 0 Å². The first-order valence-corrected chi connectivity index (χ1v) is 9.78. The van der Waals surface area contributed by atoms with Crippen LogP contribution in [0, 0.1) is 5.41 Å². The summed E-state index contributed by atoms with van der Waals surface area (Å²) in [5, 5.41) is 1.04. The first-order chi connectivity index (χ1) is 13.1. The number of fused-ring (bicyclic) bond motifs is 1. The van der Waals surface area contributed by atoms with Gasteiger partial charge in [-0.15, -0.1) is 0 Å². The molecule has 27 heavy (non-hydrogen) atoms. The van der Waals surface area contributed by atoms with Crippen LogP contribution in [-0.2, 0) is 9.53 Å². The highest BCUT2D eigenvalue weighted by atomic mass is 16.5. The van der Waals surface area contributed by atoms with E-state index in [0.29, 0.717) is 38.5 Å². The number of amides is 2. The zero-order chi connectivity index (χ0) is 18.9. The molecule has 0 spiro atoms. The van der Waals surface area contributed by atoms with Gasteiger partial charge in [0.1, 0.15) is 5.69 Å². The predicted molar refractivity (Wildman–Crippen MR) is 104 cm³/mol. The van der Waals surface area contributed by atoms with Gasteiger partial charge in [0.2, 0.25) is 5.91 Å². The van der Waals surface area contributed by atoms with Crippen molar-refractivity contribution < 1.29 is 14.3 Å². The Kier molecular flexibility index (Phi) is 4.91. The summed E-state index contributed by atoms with van der Waals surface area (Å²) >= 11 is 0. The maximum Gasteiger partial charge on any atom is 0.270 e. The van der Waals surface area contributed by atoms with Crippen LogP contribution >= 0.6 is 0 Å². The third-order valence-electron chi connectivity index (χ3n) is 6.16. The first-order valence-electron chi connectivity index (χ1n) is 9.78. The van der Waals surface area contributed by atoms with Gasteiger partial charge in [-0.05, 0) is 31.4 Å². The van der Waals surface area contributed by atoms with Gasteiger partial charge in [0, 0.05) is 50.8 Å². The highest BCUT2D eigenvalue weighted by Crippen LogP contribution is 2.45. The number of hydrogen-bond donors (Lipinski definition) is 1. The third-order valence-corrected chi connectivity index (χ3v) is 6.16. The number of aromatic nitrogens is 1. The van der Waals surface area contributed by atoms with Crippen LogP contribution in [0.25, 0.3) is 10.9 Å².